The summed E-state index contributed by atoms with van der Waals surface area (Å²) in [4.78, 5) is 11.6. The first-order chi connectivity index (χ1) is 10.7. The van der Waals surface area contributed by atoms with E-state index in [0.717, 1.165) is 51.6 Å². The predicted molar refractivity (Wildman–Crippen MR) is 82.3 cm³/mol. The molecular formula is C16H25N3O3. The van der Waals surface area contributed by atoms with Crippen molar-refractivity contribution in [1.82, 2.24) is 15.1 Å². The molecule has 6 nitrogen and oxygen atoms in total. The summed E-state index contributed by atoms with van der Waals surface area (Å²) in [5.41, 5.74) is 0.212. The van der Waals surface area contributed by atoms with Gasteiger partial charge in [0.05, 0.1) is 12.3 Å². The molecule has 1 saturated carbocycles. The van der Waals surface area contributed by atoms with Gasteiger partial charge in [-0.3, -0.25) is 4.68 Å². The number of nitrogens with one attached hydrogen (secondary N) is 1. The monoisotopic (exact) mass is 307 g/mol. The van der Waals surface area contributed by atoms with Gasteiger partial charge in [-0.25, -0.2) is 4.79 Å². The number of hydrogen-bond acceptors (Lipinski definition) is 4. The van der Waals surface area contributed by atoms with Crippen LogP contribution in [0, 0.1) is 5.92 Å². The van der Waals surface area contributed by atoms with Gasteiger partial charge in [-0.2, -0.15) is 5.10 Å². The molecule has 2 fully saturated rings. The maximum atomic E-state index is 11.6. The molecule has 1 aromatic heterocycles. The van der Waals surface area contributed by atoms with Crippen LogP contribution in [0.15, 0.2) is 6.20 Å². The van der Waals surface area contributed by atoms with Crippen molar-refractivity contribution in [2.75, 3.05) is 13.1 Å². The molecule has 0 amide bonds. The summed E-state index contributed by atoms with van der Waals surface area (Å²) < 4.78 is 7.56. The maximum absolute atomic E-state index is 11.6. The van der Waals surface area contributed by atoms with Crippen LogP contribution in [0.2, 0.25) is 0 Å². The number of hydrogen-bond donors (Lipinski definition) is 2. The molecular weight excluding hydrogens is 282 g/mol. The van der Waals surface area contributed by atoms with Crippen LogP contribution in [0.5, 0.6) is 5.75 Å². The topological polar surface area (TPSA) is 76.4 Å². The number of carboxylic acids is 1. The lowest BCUT2D eigenvalue weighted by molar-refractivity contribution is 0.0669. The van der Waals surface area contributed by atoms with Crippen molar-refractivity contribution in [3.8, 4) is 5.75 Å². The molecule has 0 aromatic carbocycles. The highest BCUT2D eigenvalue weighted by Crippen LogP contribution is 2.27. The Kier molecular flexibility index (Phi) is 4.97. The number of nitrogens with zero attached hydrogens (tertiary/aromatic N) is 2. The number of piperidine rings is 1. The third-order valence-corrected chi connectivity index (χ3v) is 4.74. The highest BCUT2D eigenvalue weighted by Gasteiger charge is 2.25. The SMILES string of the molecule is O=C(O)c1c(OC2CCCCC2)cnn1CC1CCNCC1. The van der Waals surface area contributed by atoms with Crippen LogP contribution in [0.4, 0.5) is 0 Å². The largest absolute Gasteiger partial charge is 0.486 e. The molecule has 22 heavy (non-hydrogen) atoms. The van der Waals surface area contributed by atoms with Crippen molar-refractivity contribution in [3.05, 3.63) is 11.9 Å². The number of aromatic nitrogens is 2. The van der Waals surface area contributed by atoms with E-state index < -0.39 is 5.97 Å². The molecule has 6 heteroatoms. The lowest BCUT2D eigenvalue weighted by Gasteiger charge is -2.24. The van der Waals surface area contributed by atoms with E-state index in [4.69, 9.17) is 4.74 Å². The molecule has 122 valence electrons. The van der Waals surface area contributed by atoms with Crippen LogP contribution in [0.1, 0.15) is 55.4 Å². The Morgan fingerprint density at radius 3 is 2.68 bits per heavy atom. The predicted octanol–water partition coefficient (Wildman–Crippen LogP) is 2.29. The highest BCUT2D eigenvalue weighted by molar-refractivity contribution is 5.88. The van der Waals surface area contributed by atoms with Crippen molar-refractivity contribution in [3.63, 3.8) is 0 Å². The minimum atomic E-state index is -0.947. The maximum Gasteiger partial charge on any atom is 0.358 e. The lowest BCUT2D eigenvalue weighted by atomic mass is 9.98. The zero-order chi connectivity index (χ0) is 15.4. The molecule has 0 bridgehead atoms. The second-order valence-corrected chi connectivity index (χ2v) is 6.42. The summed E-state index contributed by atoms with van der Waals surface area (Å²) in [6, 6.07) is 0. The van der Waals surface area contributed by atoms with Gasteiger partial charge in [-0.15, -0.1) is 0 Å². The van der Waals surface area contributed by atoms with Gasteiger partial charge in [0, 0.05) is 6.54 Å². The molecule has 2 aliphatic rings. The Hall–Kier alpha value is -1.56. The van der Waals surface area contributed by atoms with E-state index in [0.29, 0.717) is 18.2 Å². The van der Waals surface area contributed by atoms with Crippen LogP contribution < -0.4 is 10.1 Å². The van der Waals surface area contributed by atoms with Gasteiger partial charge < -0.3 is 15.2 Å². The minimum absolute atomic E-state index is 0.142. The summed E-state index contributed by atoms with van der Waals surface area (Å²) in [5, 5.41) is 17.2. The van der Waals surface area contributed by atoms with Crippen LogP contribution in [0.25, 0.3) is 0 Å². The van der Waals surface area contributed by atoms with Gasteiger partial charge in [0.2, 0.25) is 0 Å². The highest BCUT2D eigenvalue weighted by atomic mass is 16.5. The van der Waals surface area contributed by atoms with E-state index >= 15 is 0 Å². The molecule has 1 aliphatic heterocycles. The quantitative estimate of drug-likeness (QED) is 0.873. The summed E-state index contributed by atoms with van der Waals surface area (Å²) in [7, 11) is 0. The molecule has 1 aliphatic carbocycles. The minimum Gasteiger partial charge on any atom is -0.486 e. The number of carboxylic acid groups (broad SMARTS) is 1. The van der Waals surface area contributed by atoms with Crippen molar-refractivity contribution >= 4 is 5.97 Å². The van der Waals surface area contributed by atoms with E-state index in [1.165, 1.54) is 6.42 Å². The smallest absolute Gasteiger partial charge is 0.358 e. The zero-order valence-electron chi connectivity index (χ0n) is 13.0. The summed E-state index contributed by atoms with van der Waals surface area (Å²) in [6.07, 6.45) is 9.46. The summed E-state index contributed by atoms with van der Waals surface area (Å²) >= 11 is 0. The third-order valence-electron chi connectivity index (χ3n) is 4.74. The Bertz CT molecular complexity index is 465. The van der Waals surface area contributed by atoms with Crippen molar-refractivity contribution in [1.29, 1.82) is 0 Å². The Morgan fingerprint density at radius 2 is 2.00 bits per heavy atom. The van der Waals surface area contributed by atoms with E-state index in [1.807, 2.05) is 0 Å². The number of ether oxygens (including phenoxy) is 1. The Labute approximate surface area is 130 Å². The lowest BCUT2D eigenvalue weighted by Crippen LogP contribution is -2.30. The first-order valence-electron chi connectivity index (χ1n) is 8.40. The van der Waals surface area contributed by atoms with Gasteiger partial charge in [-0.1, -0.05) is 6.42 Å². The average Bonchev–Trinajstić information content (AvgIpc) is 2.92. The number of aromatic carboxylic acids is 1. The van der Waals surface area contributed by atoms with Gasteiger partial charge in [0.15, 0.2) is 11.4 Å². The zero-order valence-corrected chi connectivity index (χ0v) is 13.0. The second kappa shape index (κ2) is 7.13. The fourth-order valence-electron chi connectivity index (χ4n) is 3.48. The molecule has 2 N–H and O–H groups in total. The summed E-state index contributed by atoms with van der Waals surface area (Å²) in [5.74, 6) is -0.0210. The van der Waals surface area contributed by atoms with Crippen LogP contribution in [0.3, 0.4) is 0 Å². The molecule has 0 unspecified atom stereocenters. The fraction of sp³-hybridized carbons (Fsp3) is 0.750. The van der Waals surface area contributed by atoms with E-state index in [-0.39, 0.29) is 11.8 Å². The Morgan fingerprint density at radius 1 is 1.27 bits per heavy atom. The molecule has 1 saturated heterocycles. The molecule has 3 rings (SSSR count). The second-order valence-electron chi connectivity index (χ2n) is 6.42. The van der Waals surface area contributed by atoms with E-state index in [1.54, 1.807) is 10.9 Å². The molecule has 0 spiro atoms. The number of carbonyl (C=O) groups is 1. The van der Waals surface area contributed by atoms with Gasteiger partial charge in [0.25, 0.3) is 0 Å². The van der Waals surface area contributed by atoms with Gasteiger partial charge >= 0.3 is 5.97 Å². The standard InChI is InChI=1S/C16H25N3O3/c20-16(21)15-14(22-13-4-2-1-3-5-13)10-18-19(15)11-12-6-8-17-9-7-12/h10,12-13,17H,1-9,11H2,(H,20,21). The van der Waals surface area contributed by atoms with Gasteiger partial charge in [-0.05, 0) is 57.5 Å². The molecule has 1 aromatic rings. The normalized spacial score (nSPS) is 20.9. The first kappa shape index (κ1) is 15.3. The van der Waals surface area contributed by atoms with Crippen LogP contribution in [-0.2, 0) is 6.54 Å². The van der Waals surface area contributed by atoms with Gasteiger partial charge in [0.1, 0.15) is 0 Å². The average molecular weight is 307 g/mol. The van der Waals surface area contributed by atoms with Crippen molar-refractivity contribution in [2.45, 2.75) is 57.6 Å². The molecule has 2 heterocycles. The first-order valence-corrected chi connectivity index (χ1v) is 8.40. The van der Waals surface area contributed by atoms with E-state index in [2.05, 4.69) is 10.4 Å². The van der Waals surface area contributed by atoms with E-state index in [9.17, 15) is 9.90 Å². The third kappa shape index (κ3) is 3.61. The number of rotatable bonds is 5. The molecule has 0 atom stereocenters. The summed E-state index contributed by atoms with van der Waals surface area (Å²) in [6.45, 7) is 2.66. The Balaban J connectivity index is 1.71. The van der Waals surface area contributed by atoms with Crippen LogP contribution >= 0.6 is 0 Å². The fourth-order valence-corrected chi connectivity index (χ4v) is 3.48. The molecule has 0 radical (unpaired) electrons. The van der Waals surface area contributed by atoms with Crippen molar-refractivity contribution < 1.29 is 14.6 Å². The van der Waals surface area contributed by atoms with Crippen LogP contribution in [-0.4, -0.2) is 40.0 Å². The van der Waals surface area contributed by atoms with Crippen molar-refractivity contribution in [2.24, 2.45) is 5.92 Å².